The molecule has 1 aromatic carbocycles. The van der Waals surface area contributed by atoms with Crippen LogP contribution in [-0.2, 0) is 14.8 Å². The van der Waals surface area contributed by atoms with Gasteiger partial charge in [0.25, 0.3) is 0 Å². The number of carboxylic acid groups (broad SMARTS) is 1. The smallest absolute Gasteiger partial charge is 0.318 e. The molecule has 0 fully saturated rings. The van der Waals surface area contributed by atoms with Crippen LogP contribution < -0.4 is 0 Å². The van der Waals surface area contributed by atoms with Crippen LogP contribution in [0.1, 0.15) is 31.4 Å². The lowest BCUT2D eigenvalue weighted by molar-refractivity contribution is -0.137. The second kappa shape index (κ2) is 6.37. The summed E-state index contributed by atoms with van der Waals surface area (Å²) in [7, 11) is -3.79. The standard InChI is InChI=1S/C14H21NO4S/c1-5-12(4)15(9-14(16)17)20(18,19)13-7-6-10(2)11(3)8-13/h6-8,12H,5,9H2,1-4H3,(H,16,17). The first kappa shape index (κ1) is 16.7. The lowest BCUT2D eigenvalue weighted by Gasteiger charge is -2.26. The fraction of sp³-hybridized carbons (Fsp3) is 0.500. The van der Waals surface area contributed by atoms with Gasteiger partial charge in [0.05, 0.1) is 4.90 Å². The highest BCUT2D eigenvalue weighted by Crippen LogP contribution is 2.21. The third-order valence-corrected chi connectivity index (χ3v) is 5.41. The highest BCUT2D eigenvalue weighted by atomic mass is 32.2. The summed E-state index contributed by atoms with van der Waals surface area (Å²) in [5, 5.41) is 8.93. The summed E-state index contributed by atoms with van der Waals surface area (Å²) < 4.78 is 26.2. The summed E-state index contributed by atoms with van der Waals surface area (Å²) in [6.45, 7) is 6.75. The molecule has 1 aromatic rings. The number of rotatable bonds is 6. The van der Waals surface area contributed by atoms with Crippen LogP contribution >= 0.6 is 0 Å². The molecule has 1 N–H and O–H groups in total. The van der Waals surface area contributed by atoms with Gasteiger partial charge in [-0.15, -0.1) is 0 Å². The fourth-order valence-corrected chi connectivity index (χ4v) is 3.56. The van der Waals surface area contributed by atoms with Gasteiger partial charge in [-0.3, -0.25) is 4.79 Å². The first-order valence-corrected chi connectivity index (χ1v) is 7.95. The Kier molecular flexibility index (Phi) is 5.30. The van der Waals surface area contributed by atoms with Gasteiger partial charge in [0, 0.05) is 6.04 Å². The summed E-state index contributed by atoms with van der Waals surface area (Å²) in [6.07, 6.45) is 0.553. The number of carbonyl (C=O) groups is 1. The van der Waals surface area contributed by atoms with Crippen molar-refractivity contribution in [1.29, 1.82) is 0 Å². The third kappa shape index (κ3) is 3.58. The molecule has 5 nitrogen and oxygen atoms in total. The van der Waals surface area contributed by atoms with Gasteiger partial charge >= 0.3 is 5.97 Å². The number of carboxylic acids is 1. The van der Waals surface area contributed by atoms with E-state index in [2.05, 4.69) is 0 Å². The van der Waals surface area contributed by atoms with Gasteiger partial charge in [-0.1, -0.05) is 13.0 Å². The van der Waals surface area contributed by atoms with Gasteiger partial charge < -0.3 is 5.11 Å². The third-order valence-electron chi connectivity index (χ3n) is 3.46. The minimum atomic E-state index is -3.79. The van der Waals surface area contributed by atoms with Gasteiger partial charge in [0.2, 0.25) is 10.0 Å². The zero-order valence-electron chi connectivity index (χ0n) is 12.3. The molecule has 20 heavy (non-hydrogen) atoms. The summed E-state index contributed by atoms with van der Waals surface area (Å²) in [6, 6.07) is 4.48. The van der Waals surface area contributed by atoms with Gasteiger partial charge in [-0.2, -0.15) is 4.31 Å². The van der Waals surface area contributed by atoms with E-state index in [1.165, 1.54) is 6.07 Å². The molecule has 1 rings (SSSR count). The van der Waals surface area contributed by atoms with Crippen LogP contribution in [0.15, 0.2) is 23.1 Å². The Morgan fingerprint density at radius 2 is 1.90 bits per heavy atom. The fourth-order valence-electron chi connectivity index (χ4n) is 1.82. The van der Waals surface area contributed by atoms with Crippen molar-refractivity contribution in [2.24, 2.45) is 0 Å². The Balaban J connectivity index is 3.28. The molecule has 1 atom stereocenters. The number of aliphatic carboxylic acids is 1. The monoisotopic (exact) mass is 299 g/mol. The topological polar surface area (TPSA) is 74.7 Å². The number of hydrogen-bond acceptors (Lipinski definition) is 3. The number of aryl methyl sites for hydroxylation is 2. The molecule has 0 aliphatic rings. The molecule has 0 radical (unpaired) electrons. The van der Waals surface area contributed by atoms with E-state index in [1.54, 1.807) is 19.1 Å². The summed E-state index contributed by atoms with van der Waals surface area (Å²) in [4.78, 5) is 11.1. The molecular weight excluding hydrogens is 278 g/mol. The van der Waals surface area contributed by atoms with Gasteiger partial charge in [0.15, 0.2) is 0 Å². The minimum absolute atomic E-state index is 0.141. The molecule has 0 bridgehead atoms. The van der Waals surface area contributed by atoms with Crippen LogP contribution in [0.2, 0.25) is 0 Å². The van der Waals surface area contributed by atoms with E-state index in [0.29, 0.717) is 6.42 Å². The lowest BCUT2D eigenvalue weighted by Crippen LogP contribution is -2.41. The van der Waals surface area contributed by atoms with E-state index < -0.39 is 22.5 Å². The molecular formula is C14H21NO4S. The van der Waals surface area contributed by atoms with Crippen LogP contribution in [0.25, 0.3) is 0 Å². The van der Waals surface area contributed by atoms with Crippen LogP contribution in [0, 0.1) is 13.8 Å². The number of sulfonamides is 1. The van der Waals surface area contributed by atoms with Crippen molar-refractivity contribution in [3.8, 4) is 0 Å². The zero-order valence-corrected chi connectivity index (χ0v) is 13.1. The highest BCUT2D eigenvalue weighted by molar-refractivity contribution is 7.89. The average Bonchev–Trinajstić information content (AvgIpc) is 2.37. The van der Waals surface area contributed by atoms with Crippen LogP contribution in [0.5, 0.6) is 0 Å². The number of hydrogen-bond donors (Lipinski definition) is 1. The first-order valence-electron chi connectivity index (χ1n) is 6.51. The minimum Gasteiger partial charge on any atom is -0.480 e. The Bertz CT molecular complexity index is 595. The van der Waals surface area contributed by atoms with E-state index in [1.807, 2.05) is 20.8 Å². The molecule has 112 valence electrons. The first-order chi connectivity index (χ1) is 9.20. The van der Waals surface area contributed by atoms with E-state index in [4.69, 9.17) is 5.11 Å². The van der Waals surface area contributed by atoms with E-state index >= 15 is 0 Å². The van der Waals surface area contributed by atoms with E-state index in [-0.39, 0.29) is 10.9 Å². The predicted molar refractivity (Wildman–Crippen MR) is 77.2 cm³/mol. The van der Waals surface area contributed by atoms with Crippen molar-refractivity contribution in [2.75, 3.05) is 6.54 Å². The van der Waals surface area contributed by atoms with Crippen molar-refractivity contribution < 1.29 is 18.3 Å². The molecule has 0 saturated carbocycles. The predicted octanol–water partition coefficient (Wildman–Crippen LogP) is 2.18. The number of benzene rings is 1. The van der Waals surface area contributed by atoms with Crippen molar-refractivity contribution in [2.45, 2.75) is 45.1 Å². The van der Waals surface area contributed by atoms with Crippen molar-refractivity contribution in [3.05, 3.63) is 29.3 Å². The maximum atomic E-state index is 12.6. The molecule has 0 saturated heterocycles. The molecule has 0 aliphatic carbocycles. The Labute approximate surface area is 120 Å². The summed E-state index contributed by atoms with van der Waals surface area (Å²) in [5.74, 6) is -1.15. The largest absolute Gasteiger partial charge is 0.480 e. The summed E-state index contributed by atoms with van der Waals surface area (Å²) >= 11 is 0. The quantitative estimate of drug-likeness (QED) is 0.873. The molecule has 0 aliphatic heterocycles. The molecule has 0 aromatic heterocycles. The second-order valence-corrected chi connectivity index (χ2v) is 6.84. The zero-order chi connectivity index (χ0) is 15.5. The SMILES string of the molecule is CCC(C)N(CC(=O)O)S(=O)(=O)c1ccc(C)c(C)c1. The number of nitrogens with zero attached hydrogens (tertiary/aromatic N) is 1. The van der Waals surface area contributed by atoms with Gasteiger partial charge in [-0.25, -0.2) is 8.42 Å². The maximum absolute atomic E-state index is 12.6. The van der Waals surface area contributed by atoms with Crippen LogP contribution in [0.3, 0.4) is 0 Å². The van der Waals surface area contributed by atoms with Gasteiger partial charge in [0.1, 0.15) is 6.54 Å². The van der Waals surface area contributed by atoms with Gasteiger partial charge in [-0.05, 0) is 50.5 Å². The molecule has 0 amide bonds. The van der Waals surface area contributed by atoms with Crippen LogP contribution in [0.4, 0.5) is 0 Å². The molecule has 0 heterocycles. The Morgan fingerprint density at radius 1 is 1.30 bits per heavy atom. The average molecular weight is 299 g/mol. The van der Waals surface area contributed by atoms with E-state index in [0.717, 1.165) is 15.4 Å². The van der Waals surface area contributed by atoms with Crippen LogP contribution in [-0.4, -0.2) is 36.4 Å². The van der Waals surface area contributed by atoms with Crippen molar-refractivity contribution >= 4 is 16.0 Å². The Hall–Kier alpha value is -1.40. The second-order valence-electron chi connectivity index (χ2n) is 4.95. The highest BCUT2D eigenvalue weighted by Gasteiger charge is 2.30. The molecule has 0 spiro atoms. The normalized spacial score (nSPS) is 13.4. The van der Waals surface area contributed by atoms with Crippen molar-refractivity contribution in [3.63, 3.8) is 0 Å². The summed E-state index contributed by atoms with van der Waals surface area (Å²) in [5.41, 5.74) is 1.86. The maximum Gasteiger partial charge on any atom is 0.318 e. The van der Waals surface area contributed by atoms with Crippen molar-refractivity contribution in [1.82, 2.24) is 4.31 Å². The molecule has 6 heteroatoms. The lowest BCUT2D eigenvalue weighted by atomic mass is 10.1. The van der Waals surface area contributed by atoms with E-state index in [9.17, 15) is 13.2 Å². The Morgan fingerprint density at radius 3 is 2.35 bits per heavy atom. The molecule has 1 unspecified atom stereocenters.